The zero-order valence-corrected chi connectivity index (χ0v) is 16.7. The second-order valence-corrected chi connectivity index (χ2v) is 9.30. The van der Waals surface area contributed by atoms with Gasteiger partial charge in [-0.1, -0.05) is 0 Å². The molecular weight excluding hydrogens is 424 g/mol. The van der Waals surface area contributed by atoms with E-state index in [0.717, 1.165) is 0 Å². The van der Waals surface area contributed by atoms with Crippen molar-refractivity contribution in [2.75, 3.05) is 12.3 Å². The van der Waals surface area contributed by atoms with Gasteiger partial charge < -0.3 is 0 Å². The van der Waals surface area contributed by atoms with Crippen molar-refractivity contribution in [2.45, 2.75) is 37.4 Å². The Balaban J connectivity index is 1.69. The number of nitrogens with two attached hydrogens (primary N) is 1. The average Bonchev–Trinajstić information content (AvgIpc) is 3.21. The fraction of sp³-hybridized carbons (Fsp3) is 0.500. The van der Waals surface area contributed by atoms with Crippen molar-refractivity contribution in [3.05, 3.63) is 16.7 Å². The van der Waals surface area contributed by atoms with Crippen LogP contribution in [0, 0.1) is 0 Å². The molecule has 0 radical (unpaired) electrons. The van der Waals surface area contributed by atoms with E-state index in [9.17, 15) is 19.3 Å². The SMILES string of the molecule is B[PH]1(O)OC[C@H]2O[C@@H](n3cnc4c(=O)[nH]c(N)nc43)[C@@H](OC(=O)CCC(=O)O)[C@H]2O1. The van der Waals surface area contributed by atoms with Crippen LogP contribution in [0.3, 0.4) is 0 Å². The molecule has 5 N–H and O–H groups in total. The van der Waals surface area contributed by atoms with Crippen molar-refractivity contribution >= 4 is 44.4 Å². The number of aromatic nitrogens is 4. The summed E-state index contributed by atoms with van der Waals surface area (Å²) in [4.78, 5) is 55.7. The van der Waals surface area contributed by atoms with E-state index in [2.05, 4.69) is 15.0 Å². The monoisotopic (exact) mass is 443 g/mol. The van der Waals surface area contributed by atoms with E-state index in [4.69, 9.17) is 29.4 Å². The first-order chi connectivity index (χ1) is 14.1. The van der Waals surface area contributed by atoms with Gasteiger partial charge in [-0.15, -0.1) is 0 Å². The summed E-state index contributed by atoms with van der Waals surface area (Å²) in [5.74, 6) is -2.08. The molecule has 4 rings (SSSR count). The Kier molecular flexibility index (Phi) is 5.24. The molecule has 30 heavy (non-hydrogen) atoms. The zero-order valence-electron chi connectivity index (χ0n) is 15.7. The van der Waals surface area contributed by atoms with Crippen LogP contribution in [0.15, 0.2) is 11.1 Å². The molecule has 2 aromatic rings. The molecule has 0 unspecified atom stereocenters. The quantitative estimate of drug-likeness (QED) is 0.222. The number of ether oxygens (including phenoxy) is 2. The molecule has 14 nitrogen and oxygen atoms in total. The van der Waals surface area contributed by atoms with Gasteiger partial charge in [0.25, 0.3) is 0 Å². The molecule has 0 amide bonds. The number of nitrogen functional groups attached to an aromatic ring is 1. The molecule has 0 aromatic carbocycles. The summed E-state index contributed by atoms with van der Waals surface area (Å²) in [6.07, 6.45) is -3.19. The topological polar surface area (TPSA) is 201 Å². The average molecular weight is 443 g/mol. The van der Waals surface area contributed by atoms with Crippen molar-refractivity contribution in [3.63, 3.8) is 0 Å². The van der Waals surface area contributed by atoms with Crippen LogP contribution in [0.2, 0.25) is 0 Å². The molecule has 162 valence electrons. The maximum absolute atomic E-state index is 12.2. The Bertz CT molecular complexity index is 1060. The number of aliphatic carboxylic acids is 1. The fourth-order valence-corrected chi connectivity index (χ4v) is 4.74. The summed E-state index contributed by atoms with van der Waals surface area (Å²) in [6, 6.07) is 0. The van der Waals surface area contributed by atoms with Crippen LogP contribution in [-0.2, 0) is 28.1 Å². The number of hydrogen-bond donors (Lipinski definition) is 4. The Hall–Kier alpha value is -2.58. The summed E-state index contributed by atoms with van der Waals surface area (Å²) >= 11 is 0. The molecule has 2 aliphatic rings. The van der Waals surface area contributed by atoms with Crippen LogP contribution in [0.5, 0.6) is 0 Å². The maximum atomic E-state index is 12.2. The van der Waals surface area contributed by atoms with E-state index in [1.807, 2.05) is 0 Å². The van der Waals surface area contributed by atoms with Crippen molar-refractivity contribution in [2.24, 2.45) is 0 Å². The number of carboxylic acids is 1. The van der Waals surface area contributed by atoms with E-state index >= 15 is 0 Å². The summed E-state index contributed by atoms with van der Waals surface area (Å²) in [6.45, 7) is -0.00759. The number of imidazole rings is 1. The number of nitrogens with zero attached hydrogens (tertiary/aromatic N) is 3. The third kappa shape index (κ3) is 3.89. The molecule has 0 bridgehead atoms. The summed E-state index contributed by atoms with van der Waals surface area (Å²) in [7, 11) is -2.06. The van der Waals surface area contributed by atoms with Gasteiger partial charge in [0.1, 0.15) is 0 Å². The molecule has 0 aliphatic carbocycles. The van der Waals surface area contributed by atoms with Crippen LogP contribution in [0.1, 0.15) is 19.1 Å². The Morgan fingerprint density at radius 1 is 1.47 bits per heavy atom. The molecule has 2 saturated heterocycles. The van der Waals surface area contributed by atoms with Gasteiger partial charge in [0.05, 0.1) is 0 Å². The number of fused-ring (bicyclic) bond motifs is 2. The number of rotatable bonds is 5. The summed E-state index contributed by atoms with van der Waals surface area (Å²) in [5, 5.41) is 8.79. The van der Waals surface area contributed by atoms with Gasteiger partial charge in [-0.3, -0.25) is 0 Å². The molecule has 2 fully saturated rings. The minimum absolute atomic E-state index is 0.00262. The molecule has 16 heteroatoms. The van der Waals surface area contributed by atoms with E-state index in [0.29, 0.717) is 0 Å². The van der Waals surface area contributed by atoms with Crippen LogP contribution in [-0.4, -0.2) is 73.9 Å². The second kappa shape index (κ2) is 7.59. The number of aromatic amines is 1. The molecule has 2 aliphatic heterocycles. The normalized spacial score (nSPS) is 28.7. The van der Waals surface area contributed by atoms with Gasteiger partial charge in [-0.25, -0.2) is 0 Å². The number of H-pyrrole nitrogens is 1. The molecule has 0 spiro atoms. The molecule has 4 heterocycles. The molecule has 0 saturated carbocycles. The molecule has 2 aromatic heterocycles. The van der Waals surface area contributed by atoms with Gasteiger partial charge in [-0.05, 0) is 0 Å². The second-order valence-electron chi connectivity index (χ2n) is 6.98. The number of hydrogen-bond acceptors (Lipinski definition) is 11. The van der Waals surface area contributed by atoms with Gasteiger partial charge >= 0.3 is 168 Å². The Morgan fingerprint density at radius 3 is 2.97 bits per heavy atom. The number of esters is 1. The fourth-order valence-electron chi connectivity index (χ4n) is 3.41. The van der Waals surface area contributed by atoms with Crippen molar-refractivity contribution in [3.8, 4) is 0 Å². The number of carbonyl (C=O) groups is 2. The number of carbonyl (C=O) groups excluding carboxylic acids is 1. The standard InChI is InChI=1S/C14H19BN5O9P/c15-30(25)26-3-5-9(29-30)10(28-7(23)2-1-6(21)22)13(27-5)20-4-17-8-11(20)18-14(16)19-12(8)24/h4-5,9-10,13,25,30H,1-3,15H2,(H,21,22)(H3,16,18,19,24)/t5-,9+,10+,13-/m1/s1. The first-order valence-corrected chi connectivity index (χ1v) is 11.2. The van der Waals surface area contributed by atoms with Crippen molar-refractivity contribution in [1.29, 1.82) is 0 Å². The van der Waals surface area contributed by atoms with Crippen LogP contribution < -0.4 is 11.3 Å². The third-order valence-electron chi connectivity index (χ3n) is 4.69. The first kappa shape index (κ1) is 20.7. The number of carboxylic acid groups (broad SMARTS) is 1. The predicted octanol–water partition coefficient (Wildman–Crippen LogP) is -2.17. The number of nitrogens with one attached hydrogen (secondary N) is 1. The van der Waals surface area contributed by atoms with Crippen LogP contribution in [0.25, 0.3) is 11.2 Å². The molecule has 4 atom stereocenters. The van der Waals surface area contributed by atoms with E-state index in [1.165, 1.54) is 18.5 Å². The zero-order chi connectivity index (χ0) is 21.6. The van der Waals surface area contributed by atoms with E-state index in [1.54, 1.807) is 0 Å². The van der Waals surface area contributed by atoms with Crippen molar-refractivity contribution < 1.29 is 38.1 Å². The minimum atomic E-state index is -3.47. The van der Waals surface area contributed by atoms with Crippen LogP contribution >= 0.6 is 7.82 Å². The Labute approximate surface area is 169 Å². The van der Waals surface area contributed by atoms with Gasteiger partial charge in [0.2, 0.25) is 0 Å². The van der Waals surface area contributed by atoms with Gasteiger partial charge in [0, 0.05) is 0 Å². The first-order valence-electron chi connectivity index (χ1n) is 8.98. The van der Waals surface area contributed by atoms with E-state index < -0.39 is 56.3 Å². The Morgan fingerprint density at radius 2 is 2.23 bits per heavy atom. The van der Waals surface area contributed by atoms with Crippen LogP contribution in [0.4, 0.5) is 5.95 Å². The summed E-state index contributed by atoms with van der Waals surface area (Å²) < 4.78 is 23.7. The van der Waals surface area contributed by atoms with Gasteiger partial charge in [0.15, 0.2) is 0 Å². The molecular formula is C14H19BN5O9P. The van der Waals surface area contributed by atoms with Crippen molar-refractivity contribution in [1.82, 2.24) is 19.5 Å². The third-order valence-corrected chi connectivity index (χ3v) is 6.10. The summed E-state index contributed by atoms with van der Waals surface area (Å²) in [5.41, 5.74) is 5.16. The van der Waals surface area contributed by atoms with Gasteiger partial charge in [-0.2, -0.15) is 0 Å². The number of anilines is 1. The predicted molar refractivity (Wildman–Crippen MR) is 103 cm³/mol. The van der Waals surface area contributed by atoms with E-state index in [-0.39, 0.29) is 30.1 Å².